The van der Waals surface area contributed by atoms with Crippen LogP contribution < -0.4 is 10.1 Å². The summed E-state index contributed by atoms with van der Waals surface area (Å²) in [5.74, 6) is -1.26. The highest BCUT2D eigenvalue weighted by molar-refractivity contribution is 5.94. The summed E-state index contributed by atoms with van der Waals surface area (Å²) in [5, 5.41) is 2.73. The van der Waals surface area contributed by atoms with Crippen molar-refractivity contribution in [1.29, 1.82) is 0 Å². The largest absolute Gasteiger partial charge is 0.494 e. The second kappa shape index (κ2) is 6.35. The number of rotatable bonds is 4. The fourth-order valence-corrected chi connectivity index (χ4v) is 1.92. The van der Waals surface area contributed by atoms with Crippen molar-refractivity contribution in [1.82, 2.24) is 5.32 Å². The molecule has 21 heavy (non-hydrogen) atoms. The molecule has 1 amide bonds. The lowest BCUT2D eigenvalue weighted by Gasteiger charge is -2.14. The van der Waals surface area contributed by atoms with Gasteiger partial charge in [-0.25, -0.2) is 8.78 Å². The van der Waals surface area contributed by atoms with E-state index in [4.69, 9.17) is 4.74 Å². The molecule has 0 spiro atoms. The first-order valence-electron chi connectivity index (χ1n) is 6.41. The Balaban J connectivity index is 2.10. The lowest BCUT2D eigenvalue weighted by molar-refractivity contribution is 0.0939. The van der Waals surface area contributed by atoms with Gasteiger partial charge in [-0.05, 0) is 42.8 Å². The van der Waals surface area contributed by atoms with E-state index < -0.39 is 11.7 Å². The number of ether oxygens (including phenoxy) is 1. The van der Waals surface area contributed by atoms with Gasteiger partial charge in [0.2, 0.25) is 0 Å². The molecular weight excluding hydrogens is 276 g/mol. The van der Waals surface area contributed by atoms with Gasteiger partial charge in [-0.15, -0.1) is 0 Å². The number of nitrogens with one attached hydrogen (secondary N) is 1. The van der Waals surface area contributed by atoms with E-state index in [-0.39, 0.29) is 23.2 Å². The molecular formula is C16H15F2NO2. The number of halogens is 2. The average molecular weight is 291 g/mol. The molecule has 5 heteroatoms. The van der Waals surface area contributed by atoms with Gasteiger partial charge in [0.1, 0.15) is 5.82 Å². The van der Waals surface area contributed by atoms with Crippen molar-refractivity contribution in [2.45, 2.75) is 13.0 Å². The van der Waals surface area contributed by atoms with Crippen LogP contribution in [0.4, 0.5) is 8.78 Å². The zero-order chi connectivity index (χ0) is 15.4. The highest BCUT2D eigenvalue weighted by atomic mass is 19.1. The van der Waals surface area contributed by atoms with E-state index >= 15 is 0 Å². The van der Waals surface area contributed by atoms with Crippen LogP contribution in [0.5, 0.6) is 5.75 Å². The number of hydrogen-bond acceptors (Lipinski definition) is 2. The van der Waals surface area contributed by atoms with E-state index in [0.29, 0.717) is 0 Å². The highest BCUT2D eigenvalue weighted by Gasteiger charge is 2.13. The van der Waals surface area contributed by atoms with Crippen molar-refractivity contribution in [3.05, 3.63) is 65.2 Å². The fraction of sp³-hybridized carbons (Fsp3) is 0.188. The Morgan fingerprint density at radius 1 is 1.14 bits per heavy atom. The molecule has 0 aliphatic rings. The monoisotopic (exact) mass is 291 g/mol. The predicted octanol–water partition coefficient (Wildman–Crippen LogP) is 3.46. The summed E-state index contributed by atoms with van der Waals surface area (Å²) < 4.78 is 31.2. The number of carbonyl (C=O) groups is 1. The van der Waals surface area contributed by atoms with Crippen LogP contribution in [0.2, 0.25) is 0 Å². The van der Waals surface area contributed by atoms with Crippen LogP contribution in [-0.4, -0.2) is 13.0 Å². The molecule has 0 aromatic heterocycles. The summed E-state index contributed by atoms with van der Waals surface area (Å²) >= 11 is 0. The van der Waals surface area contributed by atoms with Crippen LogP contribution in [0, 0.1) is 11.6 Å². The van der Waals surface area contributed by atoms with Gasteiger partial charge in [-0.2, -0.15) is 0 Å². The minimum Gasteiger partial charge on any atom is -0.494 e. The molecule has 0 heterocycles. The third-order valence-corrected chi connectivity index (χ3v) is 3.13. The number of methoxy groups -OCH3 is 1. The van der Waals surface area contributed by atoms with Gasteiger partial charge in [0.25, 0.3) is 5.91 Å². The topological polar surface area (TPSA) is 38.3 Å². The summed E-state index contributed by atoms with van der Waals surface area (Å²) in [6.45, 7) is 1.77. The summed E-state index contributed by atoms with van der Waals surface area (Å²) in [6.07, 6.45) is 0. The quantitative estimate of drug-likeness (QED) is 0.936. The van der Waals surface area contributed by atoms with Crippen LogP contribution in [0.25, 0.3) is 0 Å². The molecule has 0 aliphatic heterocycles. The van der Waals surface area contributed by atoms with Gasteiger partial charge in [0, 0.05) is 5.56 Å². The predicted molar refractivity (Wildman–Crippen MR) is 75.2 cm³/mol. The number of benzene rings is 2. The van der Waals surface area contributed by atoms with Gasteiger partial charge in [0.15, 0.2) is 11.6 Å². The van der Waals surface area contributed by atoms with Gasteiger partial charge in [-0.3, -0.25) is 4.79 Å². The molecule has 1 N–H and O–H groups in total. The first kappa shape index (κ1) is 15.0. The van der Waals surface area contributed by atoms with E-state index in [1.807, 2.05) is 0 Å². The van der Waals surface area contributed by atoms with Gasteiger partial charge in [0.05, 0.1) is 13.2 Å². The SMILES string of the molecule is COc1ccc(C(=O)NC(C)c2ccc(F)cc2)cc1F. The first-order valence-corrected chi connectivity index (χ1v) is 6.41. The molecule has 1 unspecified atom stereocenters. The molecule has 0 saturated carbocycles. The zero-order valence-electron chi connectivity index (χ0n) is 11.7. The Kier molecular flexibility index (Phi) is 4.52. The molecule has 0 bridgehead atoms. The van der Waals surface area contributed by atoms with Crippen molar-refractivity contribution in [3.63, 3.8) is 0 Å². The van der Waals surface area contributed by atoms with Crippen molar-refractivity contribution in [2.24, 2.45) is 0 Å². The minimum absolute atomic E-state index is 0.0816. The van der Waals surface area contributed by atoms with E-state index in [1.165, 1.54) is 31.4 Å². The van der Waals surface area contributed by atoms with Crippen LogP contribution in [0.1, 0.15) is 28.9 Å². The van der Waals surface area contributed by atoms with E-state index in [0.717, 1.165) is 11.6 Å². The Bertz CT molecular complexity index is 641. The second-order valence-electron chi connectivity index (χ2n) is 4.60. The Morgan fingerprint density at radius 3 is 2.38 bits per heavy atom. The van der Waals surface area contributed by atoms with Crippen molar-refractivity contribution >= 4 is 5.91 Å². The molecule has 0 aliphatic carbocycles. The molecule has 2 rings (SSSR count). The van der Waals surface area contributed by atoms with Crippen LogP contribution in [-0.2, 0) is 0 Å². The Hall–Kier alpha value is -2.43. The fourth-order valence-electron chi connectivity index (χ4n) is 1.92. The zero-order valence-corrected chi connectivity index (χ0v) is 11.7. The van der Waals surface area contributed by atoms with Crippen LogP contribution in [0.3, 0.4) is 0 Å². The lowest BCUT2D eigenvalue weighted by atomic mass is 10.1. The molecule has 3 nitrogen and oxygen atoms in total. The van der Waals surface area contributed by atoms with Gasteiger partial charge >= 0.3 is 0 Å². The van der Waals surface area contributed by atoms with Gasteiger partial charge < -0.3 is 10.1 Å². The third-order valence-electron chi connectivity index (χ3n) is 3.13. The second-order valence-corrected chi connectivity index (χ2v) is 4.60. The average Bonchev–Trinajstić information content (AvgIpc) is 2.47. The minimum atomic E-state index is -0.598. The van der Waals surface area contributed by atoms with Crippen LogP contribution >= 0.6 is 0 Å². The normalized spacial score (nSPS) is 11.8. The lowest BCUT2D eigenvalue weighted by Crippen LogP contribution is -2.26. The number of carbonyl (C=O) groups excluding carboxylic acids is 1. The van der Waals surface area contributed by atoms with E-state index in [2.05, 4.69) is 5.32 Å². The smallest absolute Gasteiger partial charge is 0.251 e. The number of hydrogen-bond donors (Lipinski definition) is 1. The van der Waals surface area contributed by atoms with Crippen molar-refractivity contribution < 1.29 is 18.3 Å². The van der Waals surface area contributed by atoms with E-state index in [1.54, 1.807) is 19.1 Å². The summed E-state index contributed by atoms with van der Waals surface area (Å²) in [7, 11) is 1.36. The Morgan fingerprint density at radius 2 is 1.81 bits per heavy atom. The maximum absolute atomic E-state index is 13.6. The van der Waals surface area contributed by atoms with E-state index in [9.17, 15) is 13.6 Å². The number of amides is 1. The summed E-state index contributed by atoms with van der Waals surface area (Å²) in [5.41, 5.74) is 0.959. The molecule has 0 fully saturated rings. The summed E-state index contributed by atoms with van der Waals surface area (Å²) in [4.78, 5) is 12.1. The van der Waals surface area contributed by atoms with Crippen molar-refractivity contribution in [3.8, 4) is 5.75 Å². The molecule has 2 aromatic carbocycles. The maximum Gasteiger partial charge on any atom is 0.251 e. The third kappa shape index (κ3) is 3.56. The molecule has 2 aromatic rings. The molecule has 0 radical (unpaired) electrons. The standard InChI is InChI=1S/C16H15F2NO2/c1-10(11-3-6-13(17)7-4-11)19-16(20)12-5-8-15(21-2)14(18)9-12/h3-10H,1-2H3,(H,19,20). The molecule has 0 saturated heterocycles. The molecule has 1 atom stereocenters. The summed E-state index contributed by atoms with van der Waals surface area (Å²) in [6, 6.07) is 9.51. The maximum atomic E-state index is 13.6. The first-order chi connectivity index (χ1) is 10.0. The van der Waals surface area contributed by atoms with Crippen LogP contribution in [0.15, 0.2) is 42.5 Å². The highest BCUT2D eigenvalue weighted by Crippen LogP contribution is 2.19. The van der Waals surface area contributed by atoms with Crippen molar-refractivity contribution in [2.75, 3.05) is 7.11 Å². The Labute approximate surface area is 121 Å². The van der Waals surface area contributed by atoms with Gasteiger partial charge in [-0.1, -0.05) is 12.1 Å². The molecule has 110 valence electrons.